The molecule has 1 atom stereocenters. The van der Waals surface area contributed by atoms with Crippen molar-refractivity contribution in [3.8, 4) is 11.1 Å². The standard InChI is InChI=1S/C26H24N2O/c1-18-11-13-20(14-12-18)25-21-9-5-6-10-22(21)27-26(25)23-15-16-24(29)28(23)17-19-7-3-2-4-8-19/h2-14,23,27H,15-17H2,1H3/t23-/m0/s1. The number of amides is 1. The van der Waals surface area contributed by atoms with Gasteiger partial charge in [0.25, 0.3) is 0 Å². The largest absolute Gasteiger partial charge is 0.356 e. The van der Waals surface area contributed by atoms with Gasteiger partial charge in [0.05, 0.1) is 6.04 Å². The van der Waals surface area contributed by atoms with E-state index in [2.05, 4.69) is 72.6 Å². The maximum atomic E-state index is 12.8. The van der Waals surface area contributed by atoms with E-state index in [1.807, 2.05) is 23.1 Å². The van der Waals surface area contributed by atoms with Gasteiger partial charge < -0.3 is 9.88 Å². The lowest BCUT2D eigenvalue weighted by molar-refractivity contribution is -0.129. The summed E-state index contributed by atoms with van der Waals surface area (Å²) in [6.45, 7) is 2.75. The highest BCUT2D eigenvalue weighted by Gasteiger charge is 2.35. The van der Waals surface area contributed by atoms with Crippen LogP contribution in [0.3, 0.4) is 0 Å². The molecule has 3 heteroatoms. The summed E-state index contributed by atoms with van der Waals surface area (Å²) in [7, 11) is 0. The summed E-state index contributed by atoms with van der Waals surface area (Å²) >= 11 is 0. The third-order valence-electron chi connectivity index (χ3n) is 5.93. The molecule has 1 N–H and O–H groups in total. The van der Waals surface area contributed by atoms with Crippen molar-refractivity contribution in [1.29, 1.82) is 0 Å². The average molecular weight is 380 g/mol. The number of fused-ring (bicyclic) bond motifs is 1. The minimum atomic E-state index is 0.0615. The summed E-state index contributed by atoms with van der Waals surface area (Å²) in [4.78, 5) is 18.5. The molecule has 0 aliphatic carbocycles. The van der Waals surface area contributed by atoms with Crippen LogP contribution in [0.5, 0.6) is 0 Å². The van der Waals surface area contributed by atoms with Crippen LogP contribution < -0.4 is 0 Å². The molecule has 1 fully saturated rings. The van der Waals surface area contributed by atoms with Gasteiger partial charge in [0.15, 0.2) is 0 Å². The molecular weight excluding hydrogens is 356 g/mol. The number of hydrogen-bond donors (Lipinski definition) is 1. The predicted octanol–water partition coefficient (Wildman–Crippen LogP) is 6.01. The monoisotopic (exact) mass is 380 g/mol. The van der Waals surface area contributed by atoms with Gasteiger partial charge in [-0.1, -0.05) is 78.4 Å². The fourth-order valence-corrected chi connectivity index (χ4v) is 4.46. The SMILES string of the molecule is Cc1ccc(-c2c([C@@H]3CCC(=O)N3Cc3ccccc3)[nH]c3ccccc23)cc1. The fraction of sp³-hybridized carbons (Fsp3) is 0.192. The second-order valence-electron chi connectivity index (χ2n) is 7.89. The van der Waals surface area contributed by atoms with Crippen molar-refractivity contribution in [2.45, 2.75) is 32.4 Å². The van der Waals surface area contributed by atoms with Gasteiger partial charge >= 0.3 is 0 Å². The highest BCUT2D eigenvalue weighted by molar-refractivity contribution is 5.98. The van der Waals surface area contributed by atoms with E-state index >= 15 is 0 Å². The number of nitrogens with zero attached hydrogens (tertiary/aromatic N) is 1. The van der Waals surface area contributed by atoms with Gasteiger partial charge in [0, 0.05) is 35.1 Å². The maximum absolute atomic E-state index is 12.8. The number of likely N-dealkylation sites (tertiary alicyclic amines) is 1. The molecule has 4 aromatic rings. The van der Waals surface area contributed by atoms with Crippen LogP contribution in [0.15, 0.2) is 78.9 Å². The molecule has 0 bridgehead atoms. The summed E-state index contributed by atoms with van der Waals surface area (Å²) in [5, 5.41) is 1.21. The summed E-state index contributed by atoms with van der Waals surface area (Å²) in [5.74, 6) is 0.229. The van der Waals surface area contributed by atoms with Gasteiger partial charge in [-0.05, 0) is 30.5 Å². The molecule has 29 heavy (non-hydrogen) atoms. The van der Waals surface area contributed by atoms with Crippen LogP contribution in [0.1, 0.15) is 35.7 Å². The molecule has 1 aromatic heterocycles. The highest BCUT2D eigenvalue weighted by Crippen LogP contribution is 2.42. The second-order valence-corrected chi connectivity index (χ2v) is 7.89. The first-order valence-electron chi connectivity index (χ1n) is 10.2. The van der Waals surface area contributed by atoms with Crippen LogP contribution in [0, 0.1) is 6.92 Å². The minimum Gasteiger partial charge on any atom is -0.356 e. The first kappa shape index (κ1) is 17.7. The molecule has 1 aliphatic rings. The van der Waals surface area contributed by atoms with Crippen molar-refractivity contribution >= 4 is 16.8 Å². The Bertz CT molecular complexity index is 1160. The summed E-state index contributed by atoms with van der Waals surface area (Å²) < 4.78 is 0. The van der Waals surface area contributed by atoms with Crippen LogP contribution in [-0.4, -0.2) is 15.8 Å². The number of carbonyl (C=O) groups is 1. The van der Waals surface area contributed by atoms with E-state index in [1.54, 1.807) is 0 Å². The van der Waals surface area contributed by atoms with Crippen molar-refractivity contribution in [2.24, 2.45) is 0 Å². The average Bonchev–Trinajstić information content (AvgIpc) is 3.30. The zero-order chi connectivity index (χ0) is 19.8. The van der Waals surface area contributed by atoms with Crippen LogP contribution in [-0.2, 0) is 11.3 Å². The lowest BCUT2D eigenvalue weighted by atomic mass is 9.97. The zero-order valence-electron chi connectivity index (χ0n) is 16.6. The molecule has 0 unspecified atom stereocenters. The fourth-order valence-electron chi connectivity index (χ4n) is 4.46. The molecule has 1 amide bonds. The van der Waals surface area contributed by atoms with Crippen molar-refractivity contribution in [3.05, 3.63) is 95.7 Å². The molecule has 1 aliphatic heterocycles. The second kappa shape index (κ2) is 7.25. The van der Waals surface area contributed by atoms with Crippen LogP contribution in [0.4, 0.5) is 0 Å². The van der Waals surface area contributed by atoms with E-state index in [0.29, 0.717) is 13.0 Å². The van der Waals surface area contributed by atoms with E-state index < -0.39 is 0 Å². The Morgan fingerprint density at radius 3 is 2.45 bits per heavy atom. The Labute approximate surface area is 171 Å². The first-order chi connectivity index (χ1) is 14.2. The zero-order valence-corrected chi connectivity index (χ0v) is 16.6. The summed E-state index contributed by atoms with van der Waals surface area (Å²) in [6, 6.07) is 27.4. The number of aromatic amines is 1. The number of hydrogen-bond acceptors (Lipinski definition) is 1. The lowest BCUT2D eigenvalue weighted by Gasteiger charge is -2.25. The number of nitrogens with one attached hydrogen (secondary N) is 1. The number of carbonyl (C=O) groups excluding carboxylic acids is 1. The lowest BCUT2D eigenvalue weighted by Crippen LogP contribution is -2.27. The van der Waals surface area contributed by atoms with Crippen LogP contribution in [0.25, 0.3) is 22.0 Å². The van der Waals surface area contributed by atoms with E-state index in [4.69, 9.17) is 0 Å². The van der Waals surface area contributed by atoms with Gasteiger partial charge in [-0.25, -0.2) is 0 Å². The number of H-pyrrole nitrogens is 1. The number of para-hydroxylation sites is 1. The van der Waals surface area contributed by atoms with Crippen molar-refractivity contribution in [3.63, 3.8) is 0 Å². The van der Waals surface area contributed by atoms with E-state index in [0.717, 1.165) is 17.6 Å². The van der Waals surface area contributed by atoms with Crippen LogP contribution >= 0.6 is 0 Å². The molecule has 0 saturated carbocycles. The molecule has 5 rings (SSSR count). The number of rotatable bonds is 4. The molecule has 0 radical (unpaired) electrons. The molecule has 1 saturated heterocycles. The molecule has 3 aromatic carbocycles. The van der Waals surface area contributed by atoms with E-state index in [-0.39, 0.29) is 11.9 Å². The molecule has 2 heterocycles. The maximum Gasteiger partial charge on any atom is 0.223 e. The summed E-state index contributed by atoms with van der Waals surface area (Å²) in [6.07, 6.45) is 1.44. The van der Waals surface area contributed by atoms with Crippen LogP contribution in [0.2, 0.25) is 0 Å². The topological polar surface area (TPSA) is 36.1 Å². The van der Waals surface area contributed by atoms with Gasteiger partial charge in [0.2, 0.25) is 5.91 Å². The van der Waals surface area contributed by atoms with Gasteiger partial charge in [-0.3, -0.25) is 4.79 Å². The third-order valence-corrected chi connectivity index (χ3v) is 5.93. The first-order valence-corrected chi connectivity index (χ1v) is 10.2. The van der Waals surface area contributed by atoms with Gasteiger partial charge in [-0.15, -0.1) is 0 Å². The molecule has 144 valence electrons. The van der Waals surface area contributed by atoms with E-state index in [9.17, 15) is 4.79 Å². The highest BCUT2D eigenvalue weighted by atomic mass is 16.2. The number of aryl methyl sites for hydroxylation is 1. The van der Waals surface area contributed by atoms with Crippen molar-refractivity contribution < 1.29 is 4.79 Å². The molecule has 3 nitrogen and oxygen atoms in total. The summed E-state index contributed by atoms with van der Waals surface area (Å²) in [5.41, 5.74) is 7.10. The molecular formula is C26H24N2O. The van der Waals surface area contributed by atoms with E-state index in [1.165, 1.54) is 27.6 Å². The minimum absolute atomic E-state index is 0.0615. The Morgan fingerprint density at radius 2 is 1.66 bits per heavy atom. The van der Waals surface area contributed by atoms with Gasteiger partial charge in [0.1, 0.15) is 0 Å². The number of aromatic nitrogens is 1. The Morgan fingerprint density at radius 1 is 0.931 bits per heavy atom. The smallest absolute Gasteiger partial charge is 0.223 e. The third kappa shape index (κ3) is 3.23. The Hall–Kier alpha value is -3.33. The van der Waals surface area contributed by atoms with Crippen molar-refractivity contribution in [1.82, 2.24) is 9.88 Å². The quantitative estimate of drug-likeness (QED) is 0.463. The number of benzene rings is 3. The van der Waals surface area contributed by atoms with Crippen molar-refractivity contribution in [2.75, 3.05) is 0 Å². The Balaban J connectivity index is 1.63. The normalized spacial score (nSPS) is 16.7. The Kier molecular flexibility index (Phi) is 4.44. The van der Waals surface area contributed by atoms with Gasteiger partial charge in [-0.2, -0.15) is 0 Å². The molecule has 0 spiro atoms. The predicted molar refractivity (Wildman–Crippen MR) is 117 cm³/mol.